The third kappa shape index (κ3) is 6.20. The molecule has 1 saturated carbocycles. The molecule has 9 nitrogen and oxygen atoms in total. The topological polar surface area (TPSA) is 121 Å². The molecular weight excluding hydrogens is 578 g/mol. The van der Waals surface area contributed by atoms with E-state index in [1.165, 1.54) is 29.2 Å². The summed E-state index contributed by atoms with van der Waals surface area (Å²) < 4.78 is 34.4. The fraction of sp³-hybridized carbons (Fsp3) is 0.419. The number of aromatic nitrogens is 1. The number of hydrogen-bond donors (Lipinski definition) is 3. The van der Waals surface area contributed by atoms with Crippen LogP contribution in [0.1, 0.15) is 44.9 Å². The summed E-state index contributed by atoms with van der Waals surface area (Å²) >= 11 is 1.16. The van der Waals surface area contributed by atoms with E-state index in [4.69, 9.17) is 4.74 Å². The van der Waals surface area contributed by atoms with Gasteiger partial charge in [-0.3, -0.25) is 9.59 Å². The van der Waals surface area contributed by atoms with Gasteiger partial charge in [0.05, 0.1) is 16.8 Å². The van der Waals surface area contributed by atoms with Crippen LogP contribution in [0.15, 0.2) is 54.6 Å². The zero-order valence-electron chi connectivity index (χ0n) is 23.3. The minimum absolute atomic E-state index is 0.0614. The van der Waals surface area contributed by atoms with Crippen LogP contribution >= 0.6 is 11.3 Å². The number of anilines is 1. The molecule has 2 fully saturated rings. The number of aliphatic carboxylic acids is 1. The first-order valence-corrected chi connectivity index (χ1v) is 15.3. The molecule has 3 aromatic rings. The highest BCUT2D eigenvalue weighted by Gasteiger charge is 2.61. The highest BCUT2D eigenvalue weighted by atomic mass is 32.1. The lowest BCUT2D eigenvalue weighted by atomic mass is 10.0. The van der Waals surface area contributed by atoms with Crippen molar-refractivity contribution in [3.8, 4) is 5.19 Å². The number of allylic oxidation sites excluding steroid dienone is 1. The average molecular weight is 611 g/mol. The maximum atomic E-state index is 14.1. The predicted octanol–water partition coefficient (Wildman–Crippen LogP) is 4.88. The standard InChI is InChI=1S/C31H32F2N4O5S/c32-19-8-6-9-21(13-19)34-24-10-5-3-1-2-4-7-18-16-31(18,29(40)41)36-27(38)25-15-22(17-37(25)28(24)39)42-30-35-23-12-11-20(33)14-26(23)43-30/h4,6-9,11-14,18,22,24-25,34H,1-3,5,10,15-17H2,(H,36,38)(H,40,41)/t18-,22-,24+,25+,31-/m1/s1. The van der Waals surface area contributed by atoms with E-state index in [-0.39, 0.29) is 36.4 Å². The highest BCUT2D eigenvalue weighted by molar-refractivity contribution is 7.20. The highest BCUT2D eigenvalue weighted by Crippen LogP contribution is 2.45. The molecule has 1 aromatic heterocycles. The Morgan fingerprint density at radius 3 is 2.79 bits per heavy atom. The summed E-state index contributed by atoms with van der Waals surface area (Å²) in [5.41, 5.74) is -0.407. The van der Waals surface area contributed by atoms with Gasteiger partial charge in [-0.05, 0) is 62.1 Å². The lowest BCUT2D eigenvalue weighted by molar-refractivity contribution is -0.145. The normalized spacial score (nSPS) is 27.9. The van der Waals surface area contributed by atoms with Gasteiger partial charge in [0.2, 0.25) is 11.8 Å². The quantitative estimate of drug-likeness (QED) is 0.352. The maximum absolute atomic E-state index is 14.1. The van der Waals surface area contributed by atoms with Crippen molar-refractivity contribution in [2.45, 2.75) is 68.7 Å². The van der Waals surface area contributed by atoms with Gasteiger partial charge in [-0.25, -0.2) is 18.6 Å². The number of thiazole rings is 1. The molecular formula is C31H32F2N4O5S. The van der Waals surface area contributed by atoms with E-state index in [0.717, 1.165) is 37.0 Å². The van der Waals surface area contributed by atoms with Crippen LogP contribution in [0.4, 0.5) is 14.5 Å². The molecule has 3 heterocycles. The van der Waals surface area contributed by atoms with Crippen molar-refractivity contribution in [1.82, 2.24) is 15.2 Å². The Balaban J connectivity index is 1.29. The summed E-state index contributed by atoms with van der Waals surface area (Å²) in [6.07, 6.45) is 7.26. The first-order valence-electron chi connectivity index (χ1n) is 14.5. The van der Waals surface area contributed by atoms with Crippen LogP contribution in [-0.2, 0) is 14.4 Å². The van der Waals surface area contributed by atoms with E-state index in [9.17, 15) is 28.3 Å². The van der Waals surface area contributed by atoms with E-state index in [2.05, 4.69) is 15.6 Å². The first-order chi connectivity index (χ1) is 20.7. The fourth-order valence-electron chi connectivity index (χ4n) is 6.00. The zero-order chi connectivity index (χ0) is 30.1. The molecule has 6 rings (SSSR count). The Hall–Kier alpha value is -4.06. The van der Waals surface area contributed by atoms with Crippen molar-refractivity contribution < 1.29 is 33.0 Å². The van der Waals surface area contributed by atoms with Crippen molar-refractivity contribution in [2.75, 3.05) is 11.9 Å². The van der Waals surface area contributed by atoms with E-state index in [0.29, 0.717) is 22.3 Å². The monoisotopic (exact) mass is 610 g/mol. The van der Waals surface area contributed by atoms with Gasteiger partial charge >= 0.3 is 5.97 Å². The molecule has 12 heteroatoms. The molecule has 5 atom stereocenters. The zero-order valence-corrected chi connectivity index (χ0v) is 24.1. The number of carbonyl (C=O) groups is 3. The molecule has 43 heavy (non-hydrogen) atoms. The molecule has 1 aliphatic carbocycles. The van der Waals surface area contributed by atoms with Crippen molar-refractivity contribution in [3.63, 3.8) is 0 Å². The number of rotatable bonds is 5. The smallest absolute Gasteiger partial charge is 0.330 e. The van der Waals surface area contributed by atoms with Gasteiger partial charge < -0.3 is 25.4 Å². The molecule has 0 bridgehead atoms. The molecule has 2 aliphatic heterocycles. The number of carbonyl (C=O) groups excluding carboxylic acids is 2. The molecule has 0 unspecified atom stereocenters. The van der Waals surface area contributed by atoms with Crippen molar-refractivity contribution >= 4 is 45.0 Å². The maximum Gasteiger partial charge on any atom is 0.330 e. The second-order valence-electron chi connectivity index (χ2n) is 11.4. The third-order valence-corrected chi connectivity index (χ3v) is 9.29. The number of carboxylic acid groups (broad SMARTS) is 1. The molecule has 0 radical (unpaired) electrons. The van der Waals surface area contributed by atoms with Crippen LogP contribution in [0.3, 0.4) is 0 Å². The SMILES string of the molecule is O=C1N[C@]2(C(=O)O)C[C@H]2C=CCCCCC[C@H](Nc2cccc(F)c2)C(=O)N2C[C@H](Oc3nc4ccc(F)cc4s3)C[C@@H]12. The average Bonchev–Trinajstić information content (AvgIpc) is 3.29. The number of ether oxygens (including phenoxy) is 1. The summed E-state index contributed by atoms with van der Waals surface area (Å²) in [6.45, 7) is 0.0614. The van der Waals surface area contributed by atoms with Crippen LogP contribution < -0.4 is 15.4 Å². The van der Waals surface area contributed by atoms with E-state index in [1.807, 2.05) is 12.2 Å². The van der Waals surface area contributed by atoms with Crippen molar-refractivity contribution in [3.05, 3.63) is 66.3 Å². The number of halogens is 2. The molecule has 3 aliphatic rings. The number of benzene rings is 2. The summed E-state index contributed by atoms with van der Waals surface area (Å²) in [4.78, 5) is 46.0. The van der Waals surface area contributed by atoms with Gasteiger partial charge in [-0.1, -0.05) is 42.4 Å². The number of nitrogens with one attached hydrogen (secondary N) is 2. The van der Waals surface area contributed by atoms with Crippen LogP contribution in [0.2, 0.25) is 0 Å². The number of amides is 2. The van der Waals surface area contributed by atoms with E-state index in [1.54, 1.807) is 18.2 Å². The Bertz CT molecular complexity index is 1580. The van der Waals surface area contributed by atoms with Gasteiger partial charge in [0.25, 0.3) is 5.19 Å². The largest absolute Gasteiger partial charge is 0.479 e. The van der Waals surface area contributed by atoms with Gasteiger partial charge in [-0.15, -0.1) is 0 Å². The number of nitrogens with zero attached hydrogens (tertiary/aromatic N) is 2. The van der Waals surface area contributed by atoms with Gasteiger partial charge in [0.1, 0.15) is 35.4 Å². The lowest BCUT2D eigenvalue weighted by Gasteiger charge is -2.30. The second-order valence-corrected chi connectivity index (χ2v) is 12.4. The van der Waals surface area contributed by atoms with Crippen molar-refractivity contribution in [1.29, 1.82) is 0 Å². The molecule has 2 aromatic carbocycles. The van der Waals surface area contributed by atoms with Gasteiger partial charge in [0.15, 0.2) is 0 Å². The summed E-state index contributed by atoms with van der Waals surface area (Å²) in [6, 6.07) is 8.35. The molecule has 0 spiro atoms. The summed E-state index contributed by atoms with van der Waals surface area (Å²) in [5.74, 6) is -3.20. The number of hydrogen-bond acceptors (Lipinski definition) is 7. The van der Waals surface area contributed by atoms with Crippen LogP contribution in [-0.4, -0.2) is 63.0 Å². The van der Waals surface area contributed by atoms with E-state index >= 15 is 0 Å². The molecule has 226 valence electrons. The van der Waals surface area contributed by atoms with Crippen LogP contribution in [0.5, 0.6) is 5.19 Å². The minimum atomic E-state index is -1.42. The first kappa shape index (κ1) is 29.0. The Morgan fingerprint density at radius 2 is 1.98 bits per heavy atom. The Morgan fingerprint density at radius 1 is 1.14 bits per heavy atom. The second kappa shape index (κ2) is 11.9. The number of carboxylic acids is 1. The minimum Gasteiger partial charge on any atom is -0.479 e. The van der Waals surface area contributed by atoms with Crippen molar-refractivity contribution in [2.24, 2.45) is 5.92 Å². The molecule has 2 amide bonds. The van der Waals surface area contributed by atoms with Gasteiger partial charge in [0, 0.05) is 18.0 Å². The Kier molecular flexibility index (Phi) is 8.04. The summed E-state index contributed by atoms with van der Waals surface area (Å²) in [5, 5.41) is 16.2. The predicted molar refractivity (Wildman–Crippen MR) is 157 cm³/mol. The fourth-order valence-corrected chi connectivity index (χ4v) is 6.90. The molecule has 1 saturated heterocycles. The van der Waals surface area contributed by atoms with E-state index < -0.39 is 47.2 Å². The van der Waals surface area contributed by atoms with Crippen LogP contribution in [0.25, 0.3) is 10.2 Å². The number of fused-ring (bicyclic) bond motifs is 3. The lowest BCUT2D eigenvalue weighted by Crippen LogP contribution is -2.55. The van der Waals surface area contributed by atoms with Gasteiger partial charge in [-0.2, -0.15) is 0 Å². The summed E-state index contributed by atoms with van der Waals surface area (Å²) in [7, 11) is 0. The van der Waals surface area contributed by atoms with Crippen LogP contribution in [0, 0.1) is 17.6 Å². The Labute approximate surface area is 250 Å². The molecule has 3 N–H and O–H groups in total. The third-order valence-electron chi connectivity index (χ3n) is 8.39.